The molecule has 3 heteroatoms. The van der Waals surface area contributed by atoms with E-state index in [0.717, 1.165) is 12.8 Å². The lowest BCUT2D eigenvalue weighted by Crippen LogP contribution is -1.92. The van der Waals surface area contributed by atoms with Crippen molar-refractivity contribution in [1.29, 1.82) is 0 Å². The first kappa shape index (κ1) is 13.7. The van der Waals surface area contributed by atoms with E-state index in [1.165, 1.54) is 0 Å². The van der Waals surface area contributed by atoms with E-state index in [1.54, 1.807) is 12.2 Å². The van der Waals surface area contributed by atoms with Crippen molar-refractivity contribution in [2.75, 3.05) is 6.61 Å². The molecule has 0 aliphatic heterocycles. The fourth-order valence-electron chi connectivity index (χ4n) is 0.960. The Morgan fingerprint density at radius 1 is 1.07 bits per heavy atom. The molecule has 0 amide bonds. The number of hydrogen-bond acceptors (Lipinski definition) is 2. The van der Waals surface area contributed by atoms with Crippen LogP contribution in [0.25, 0.3) is 0 Å². The first-order valence-corrected chi connectivity index (χ1v) is 5.06. The molecule has 0 aromatic carbocycles. The van der Waals surface area contributed by atoms with Crippen molar-refractivity contribution in [3.05, 3.63) is 36.5 Å². The van der Waals surface area contributed by atoms with Crippen molar-refractivity contribution in [3.8, 4) is 0 Å². The van der Waals surface area contributed by atoms with E-state index in [1.807, 2.05) is 24.3 Å². The van der Waals surface area contributed by atoms with Crippen LogP contribution in [-0.4, -0.2) is 22.8 Å². The smallest absolute Gasteiger partial charge is 0.303 e. The Balaban J connectivity index is 3.35. The third kappa shape index (κ3) is 12.6. The first-order valence-electron chi connectivity index (χ1n) is 5.06. The third-order valence-electron chi connectivity index (χ3n) is 1.69. The summed E-state index contributed by atoms with van der Waals surface area (Å²) in [7, 11) is 0. The molecule has 0 atom stereocenters. The van der Waals surface area contributed by atoms with Gasteiger partial charge in [0.25, 0.3) is 0 Å². The molecular weight excluding hydrogens is 192 g/mol. The van der Waals surface area contributed by atoms with Gasteiger partial charge in [0.1, 0.15) is 0 Å². The summed E-state index contributed by atoms with van der Waals surface area (Å²) in [5, 5.41) is 16.8. The van der Waals surface area contributed by atoms with E-state index in [0.29, 0.717) is 6.42 Å². The van der Waals surface area contributed by atoms with Crippen molar-refractivity contribution in [2.45, 2.75) is 25.7 Å². The highest BCUT2D eigenvalue weighted by Gasteiger charge is 1.92. The van der Waals surface area contributed by atoms with Crippen LogP contribution in [0, 0.1) is 0 Å². The van der Waals surface area contributed by atoms with Gasteiger partial charge in [0.15, 0.2) is 0 Å². The molecule has 0 heterocycles. The summed E-state index contributed by atoms with van der Waals surface area (Å²) in [5.74, 6) is -0.738. The summed E-state index contributed by atoms with van der Waals surface area (Å²) in [5.41, 5.74) is 0. The average molecular weight is 210 g/mol. The predicted molar refractivity (Wildman–Crippen MR) is 60.6 cm³/mol. The normalized spacial score (nSPS) is 12.1. The molecule has 0 saturated heterocycles. The maximum absolute atomic E-state index is 10.2. The summed E-state index contributed by atoms with van der Waals surface area (Å²) in [6, 6.07) is 0. The Kier molecular flexibility index (Phi) is 9.76. The van der Waals surface area contributed by atoms with Gasteiger partial charge in [-0.3, -0.25) is 4.79 Å². The van der Waals surface area contributed by atoms with E-state index in [2.05, 4.69) is 0 Å². The summed E-state index contributed by atoms with van der Waals surface area (Å²) in [6.45, 7) is 0.0648. The van der Waals surface area contributed by atoms with Crippen LogP contribution in [0.2, 0.25) is 0 Å². The molecule has 0 aliphatic carbocycles. The lowest BCUT2D eigenvalue weighted by atomic mass is 10.2. The standard InChI is InChI=1S/C12H18O3/c13-11-9-7-5-3-1-2-4-6-8-10-12(14)15/h2-5,7,9,13H,1,6,8,10-11H2,(H,14,15)/b4-2+,5-3+,9-7+. The minimum atomic E-state index is -0.738. The number of carboxylic acid groups (broad SMARTS) is 1. The van der Waals surface area contributed by atoms with Crippen molar-refractivity contribution >= 4 is 5.97 Å². The highest BCUT2D eigenvalue weighted by molar-refractivity contribution is 5.66. The number of hydrogen-bond donors (Lipinski definition) is 2. The molecule has 0 fully saturated rings. The van der Waals surface area contributed by atoms with Crippen molar-refractivity contribution in [1.82, 2.24) is 0 Å². The molecule has 0 bridgehead atoms. The van der Waals surface area contributed by atoms with Gasteiger partial charge in [0.05, 0.1) is 6.61 Å². The minimum absolute atomic E-state index is 0.0648. The molecule has 0 aromatic rings. The maximum Gasteiger partial charge on any atom is 0.303 e. The van der Waals surface area contributed by atoms with E-state index in [4.69, 9.17) is 10.2 Å². The van der Waals surface area contributed by atoms with Crippen LogP contribution in [0.1, 0.15) is 25.7 Å². The van der Waals surface area contributed by atoms with E-state index in [-0.39, 0.29) is 13.0 Å². The zero-order valence-electron chi connectivity index (χ0n) is 8.80. The van der Waals surface area contributed by atoms with Gasteiger partial charge in [-0.25, -0.2) is 0 Å². The van der Waals surface area contributed by atoms with Crippen LogP contribution < -0.4 is 0 Å². The van der Waals surface area contributed by atoms with Crippen LogP contribution in [-0.2, 0) is 4.79 Å². The zero-order chi connectivity index (χ0) is 11.4. The number of unbranched alkanes of at least 4 members (excludes halogenated alkanes) is 1. The number of carboxylic acids is 1. The highest BCUT2D eigenvalue weighted by atomic mass is 16.4. The van der Waals surface area contributed by atoms with Crippen LogP contribution >= 0.6 is 0 Å². The Bertz CT molecular complexity index is 239. The summed E-state index contributed by atoms with van der Waals surface area (Å²) in [4.78, 5) is 10.2. The second-order valence-electron chi connectivity index (χ2n) is 3.03. The average Bonchev–Trinajstić information content (AvgIpc) is 2.20. The topological polar surface area (TPSA) is 57.5 Å². The Morgan fingerprint density at radius 2 is 1.80 bits per heavy atom. The molecular formula is C12H18O3. The van der Waals surface area contributed by atoms with Crippen LogP contribution in [0.15, 0.2) is 36.5 Å². The molecule has 0 spiro atoms. The highest BCUT2D eigenvalue weighted by Crippen LogP contribution is 1.97. The van der Waals surface area contributed by atoms with E-state index in [9.17, 15) is 4.79 Å². The Morgan fingerprint density at radius 3 is 2.47 bits per heavy atom. The van der Waals surface area contributed by atoms with Gasteiger partial charge in [-0.2, -0.15) is 0 Å². The summed E-state index contributed by atoms with van der Waals surface area (Å²) < 4.78 is 0. The molecule has 3 nitrogen and oxygen atoms in total. The minimum Gasteiger partial charge on any atom is -0.481 e. The number of aliphatic carboxylic acids is 1. The van der Waals surface area contributed by atoms with Gasteiger partial charge < -0.3 is 10.2 Å². The van der Waals surface area contributed by atoms with Gasteiger partial charge in [0.2, 0.25) is 0 Å². The van der Waals surface area contributed by atoms with Crippen LogP contribution in [0.3, 0.4) is 0 Å². The number of rotatable bonds is 8. The predicted octanol–water partition coefficient (Wildman–Crippen LogP) is 2.29. The Labute approximate surface area is 90.4 Å². The second-order valence-corrected chi connectivity index (χ2v) is 3.03. The molecule has 2 N–H and O–H groups in total. The van der Waals surface area contributed by atoms with Crippen molar-refractivity contribution in [3.63, 3.8) is 0 Å². The first-order chi connectivity index (χ1) is 7.27. The van der Waals surface area contributed by atoms with Gasteiger partial charge in [-0.15, -0.1) is 0 Å². The monoisotopic (exact) mass is 210 g/mol. The van der Waals surface area contributed by atoms with E-state index < -0.39 is 5.97 Å². The molecule has 0 aromatic heterocycles. The largest absolute Gasteiger partial charge is 0.481 e. The van der Waals surface area contributed by atoms with Crippen LogP contribution in [0.5, 0.6) is 0 Å². The number of aliphatic hydroxyl groups is 1. The lowest BCUT2D eigenvalue weighted by molar-refractivity contribution is -0.137. The van der Waals surface area contributed by atoms with E-state index >= 15 is 0 Å². The number of carbonyl (C=O) groups is 1. The number of aliphatic hydroxyl groups excluding tert-OH is 1. The molecule has 15 heavy (non-hydrogen) atoms. The molecule has 0 unspecified atom stereocenters. The zero-order valence-corrected chi connectivity index (χ0v) is 8.80. The lowest BCUT2D eigenvalue weighted by Gasteiger charge is -1.89. The van der Waals surface area contributed by atoms with Crippen molar-refractivity contribution in [2.24, 2.45) is 0 Å². The quantitative estimate of drug-likeness (QED) is 0.367. The van der Waals surface area contributed by atoms with Gasteiger partial charge >= 0.3 is 5.97 Å². The fourth-order valence-corrected chi connectivity index (χ4v) is 0.960. The number of allylic oxidation sites excluding steroid dienone is 5. The molecule has 0 aliphatic rings. The van der Waals surface area contributed by atoms with Gasteiger partial charge in [0, 0.05) is 6.42 Å². The molecule has 84 valence electrons. The van der Waals surface area contributed by atoms with Gasteiger partial charge in [-0.05, 0) is 19.3 Å². The fraction of sp³-hybridized carbons (Fsp3) is 0.417. The van der Waals surface area contributed by atoms with Crippen molar-refractivity contribution < 1.29 is 15.0 Å². The Hall–Kier alpha value is -1.35. The maximum atomic E-state index is 10.2. The van der Waals surface area contributed by atoms with Crippen LogP contribution in [0.4, 0.5) is 0 Å². The molecule has 0 saturated carbocycles. The summed E-state index contributed by atoms with van der Waals surface area (Å²) in [6.07, 6.45) is 13.9. The molecule has 0 rings (SSSR count). The molecule has 0 radical (unpaired) electrons. The SMILES string of the molecule is O=C(O)CCC/C=C/C/C=C/C=C/CO. The van der Waals surface area contributed by atoms with Gasteiger partial charge in [-0.1, -0.05) is 36.5 Å². The third-order valence-corrected chi connectivity index (χ3v) is 1.69. The summed E-state index contributed by atoms with van der Waals surface area (Å²) >= 11 is 0. The second kappa shape index (κ2) is 10.7.